The SMILES string of the molecule is O=C(c1ccc(Nc2ccc(N3CCCCC3)cc2)nc1)N1CCc2ccccc21. The van der Waals surface area contributed by atoms with Crippen LogP contribution in [0.1, 0.15) is 35.2 Å². The molecule has 5 rings (SSSR count). The number of nitrogens with zero attached hydrogens (tertiary/aromatic N) is 3. The van der Waals surface area contributed by atoms with E-state index in [1.165, 1.54) is 30.5 Å². The number of benzene rings is 2. The number of aromatic nitrogens is 1. The van der Waals surface area contributed by atoms with Crippen LogP contribution < -0.4 is 15.1 Å². The zero-order chi connectivity index (χ0) is 20.3. The van der Waals surface area contributed by atoms with Crippen LogP contribution >= 0.6 is 0 Å². The average Bonchev–Trinajstić information content (AvgIpc) is 3.24. The highest BCUT2D eigenvalue weighted by Crippen LogP contribution is 2.29. The van der Waals surface area contributed by atoms with E-state index in [1.807, 2.05) is 35.2 Å². The summed E-state index contributed by atoms with van der Waals surface area (Å²) < 4.78 is 0. The van der Waals surface area contributed by atoms with Crippen LogP contribution in [-0.4, -0.2) is 30.5 Å². The monoisotopic (exact) mass is 398 g/mol. The van der Waals surface area contributed by atoms with Gasteiger partial charge in [0.05, 0.1) is 5.56 Å². The van der Waals surface area contributed by atoms with Crippen molar-refractivity contribution in [1.29, 1.82) is 0 Å². The zero-order valence-corrected chi connectivity index (χ0v) is 17.1. The van der Waals surface area contributed by atoms with Gasteiger partial charge >= 0.3 is 0 Å². The number of pyridine rings is 1. The van der Waals surface area contributed by atoms with Gasteiger partial charge in [-0.15, -0.1) is 0 Å². The van der Waals surface area contributed by atoms with Crippen molar-refractivity contribution in [3.63, 3.8) is 0 Å². The largest absolute Gasteiger partial charge is 0.372 e. The lowest BCUT2D eigenvalue weighted by Gasteiger charge is -2.28. The van der Waals surface area contributed by atoms with Crippen molar-refractivity contribution < 1.29 is 4.79 Å². The average molecular weight is 399 g/mol. The Hall–Kier alpha value is -3.34. The van der Waals surface area contributed by atoms with E-state index in [0.717, 1.165) is 43.2 Å². The summed E-state index contributed by atoms with van der Waals surface area (Å²) in [5, 5.41) is 3.33. The summed E-state index contributed by atoms with van der Waals surface area (Å²) in [5.41, 5.74) is 5.12. The first-order valence-electron chi connectivity index (χ1n) is 10.8. The minimum atomic E-state index is 0.00452. The second-order valence-electron chi connectivity index (χ2n) is 7.99. The molecule has 0 spiro atoms. The number of para-hydroxylation sites is 1. The summed E-state index contributed by atoms with van der Waals surface area (Å²) in [4.78, 5) is 21.7. The Morgan fingerprint density at radius 1 is 0.867 bits per heavy atom. The van der Waals surface area contributed by atoms with Crippen molar-refractivity contribution in [1.82, 2.24) is 4.98 Å². The number of piperidine rings is 1. The summed E-state index contributed by atoms with van der Waals surface area (Å²) in [6.45, 7) is 3.01. The minimum Gasteiger partial charge on any atom is -0.372 e. The van der Waals surface area contributed by atoms with Crippen LogP contribution in [0.25, 0.3) is 0 Å². The van der Waals surface area contributed by atoms with E-state index in [9.17, 15) is 4.79 Å². The normalized spacial score (nSPS) is 15.7. The van der Waals surface area contributed by atoms with Crippen molar-refractivity contribution in [3.8, 4) is 0 Å². The molecule has 1 aromatic heterocycles. The highest BCUT2D eigenvalue weighted by Gasteiger charge is 2.25. The molecule has 0 atom stereocenters. The molecule has 152 valence electrons. The molecule has 1 saturated heterocycles. The Morgan fingerprint density at radius 2 is 1.67 bits per heavy atom. The number of hydrogen-bond donors (Lipinski definition) is 1. The quantitative estimate of drug-likeness (QED) is 0.670. The third kappa shape index (κ3) is 3.75. The first-order chi connectivity index (χ1) is 14.8. The molecule has 0 bridgehead atoms. The fraction of sp³-hybridized carbons (Fsp3) is 0.280. The minimum absolute atomic E-state index is 0.00452. The van der Waals surface area contributed by atoms with Crippen LogP contribution in [0.5, 0.6) is 0 Å². The lowest BCUT2D eigenvalue weighted by atomic mass is 10.1. The Bertz CT molecular complexity index is 1020. The van der Waals surface area contributed by atoms with Gasteiger partial charge in [-0.25, -0.2) is 4.98 Å². The first-order valence-corrected chi connectivity index (χ1v) is 10.8. The van der Waals surface area contributed by atoms with Gasteiger partial charge in [-0.3, -0.25) is 4.79 Å². The maximum absolute atomic E-state index is 12.9. The van der Waals surface area contributed by atoms with Crippen LogP contribution in [0.3, 0.4) is 0 Å². The Labute approximate surface area is 177 Å². The van der Waals surface area contributed by atoms with Crippen molar-refractivity contribution in [2.24, 2.45) is 0 Å². The standard InChI is InChI=1S/C25H26N4O/c30-25(29-17-14-19-6-2-3-7-23(19)29)20-8-13-24(26-18-20)27-21-9-11-22(12-10-21)28-15-4-1-5-16-28/h2-3,6-13,18H,1,4-5,14-17H2,(H,26,27). The molecule has 1 fully saturated rings. The molecule has 0 unspecified atom stereocenters. The lowest BCUT2D eigenvalue weighted by molar-refractivity contribution is 0.0989. The zero-order valence-electron chi connectivity index (χ0n) is 17.1. The summed E-state index contributed by atoms with van der Waals surface area (Å²) in [6.07, 6.45) is 6.46. The van der Waals surface area contributed by atoms with E-state index in [1.54, 1.807) is 6.20 Å². The predicted octanol–water partition coefficient (Wildman–Crippen LogP) is 5.02. The number of anilines is 4. The van der Waals surface area contributed by atoms with Gasteiger partial charge in [0.15, 0.2) is 0 Å². The molecule has 5 heteroatoms. The smallest absolute Gasteiger partial charge is 0.259 e. The van der Waals surface area contributed by atoms with E-state index in [2.05, 4.69) is 45.5 Å². The van der Waals surface area contributed by atoms with Gasteiger partial charge in [0.2, 0.25) is 0 Å². The Balaban J connectivity index is 1.25. The molecule has 0 aliphatic carbocycles. The molecule has 0 saturated carbocycles. The lowest BCUT2D eigenvalue weighted by Crippen LogP contribution is -2.29. The topological polar surface area (TPSA) is 48.5 Å². The van der Waals surface area contributed by atoms with E-state index in [0.29, 0.717) is 5.56 Å². The van der Waals surface area contributed by atoms with Gasteiger partial charge in [-0.05, 0) is 73.7 Å². The molecular weight excluding hydrogens is 372 g/mol. The van der Waals surface area contributed by atoms with Crippen LogP contribution in [0.15, 0.2) is 66.9 Å². The predicted molar refractivity (Wildman–Crippen MR) is 122 cm³/mol. The fourth-order valence-corrected chi connectivity index (χ4v) is 4.35. The Morgan fingerprint density at radius 3 is 2.43 bits per heavy atom. The molecule has 2 aliphatic heterocycles. The van der Waals surface area contributed by atoms with Gasteiger partial charge in [-0.1, -0.05) is 18.2 Å². The summed E-state index contributed by atoms with van der Waals surface area (Å²) >= 11 is 0. The molecule has 3 aromatic rings. The third-order valence-electron chi connectivity index (χ3n) is 6.00. The first kappa shape index (κ1) is 18.7. The van der Waals surface area contributed by atoms with Crippen molar-refractivity contribution >= 4 is 28.8 Å². The summed E-state index contributed by atoms with van der Waals surface area (Å²) in [6, 6.07) is 20.3. The van der Waals surface area contributed by atoms with Gasteiger partial charge in [-0.2, -0.15) is 0 Å². The number of carbonyl (C=O) groups excluding carboxylic acids is 1. The highest BCUT2D eigenvalue weighted by molar-refractivity contribution is 6.07. The van der Waals surface area contributed by atoms with Crippen molar-refractivity contribution in [2.75, 3.05) is 34.8 Å². The molecule has 30 heavy (non-hydrogen) atoms. The number of amides is 1. The number of hydrogen-bond acceptors (Lipinski definition) is 4. The maximum Gasteiger partial charge on any atom is 0.259 e. The highest BCUT2D eigenvalue weighted by atomic mass is 16.2. The van der Waals surface area contributed by atoms with E-state index >= 15 is 0 Å². The van der Waals surface area contributed by atoms with Gasteiger partial charge < -0.3 is 15.1 Å². The van der Waals surface area contributed by atoms with E-state index in [-0.39, 0.29) is 5.91 Å². The second-order valence-corrected chi connectivity index (χ2v) is 7.99. The van der Waals surface area contributed by atoms with E-state index in [4.69, 9.17) is 0 Å². The Kier molecular flexibility index (Phi) is 5.10. The number of fused-ring (bicyclic) bond motifs is 1. The molecule has 1 amide bonds. The number of rotatable bonds is 4. The van der Waals surface area contributed by atoms with Crippen LogP contribution in [-0.2, 0) is 6.42 Å². The number of nitrogens with one attached hydrogen (secondary N) is 1. The molecule has 5 nitrogen and oxygen atoms in total. The number of carbonyl (C=O) groups is 1. The van der Waals surface area contributed by atoms with Gasteiger partial charge in [0, 0.05) is 42.9 Å². The summed E-state index contributed by atoms with van der Waals surface area (Å²) in [5.74, 6) is 0.740. The maximum atomic E-state index is 12.9. The van der Waals surface area contributed by atoms with Crippen molar-refractivity contribution in [3.05, 3.63) is 78.0 Å². The molecular formula is C25H26N4O. The third-order valence-corrected chi connectivity index (χ3v) is 6.00. The van der Waals surface area contributed by atoms with Crippen molar-refractivity contribution in [2.45, 2.75) is 25.7 Å². The fourth-order valence-electron chi connectivity index (χ4n) is 4.35. The van der Waals surface area contributed by atoms with Gasteiger partial charge in [0.25, 0.3) is 5.91 Å². The molecule has 2 aromatic carbocycles. The van der Waals surface area contributed by atoms with Crippen LogP contribution in [0.4, 0.5) is 22.9 Å². The molecule has 0 radical (unpaired) electrons. The summed E-state index contributed by atoms with van der Waals surface area (Å²) in [7, 11) is 0. The van der Waals surface area contributed by atoms with Crippen LogP contribution in [0.2, 0.25) is 0 Å². The second kappa shape index (κ2) is 8.19. The molecule has 2 aliphatic rings. The van der Waals surface area contributed by atoms with Gasteiger partial charge in [0.1, 0.15) is 5.82 Å². The van der Waals surface area contributed by atoms with Crippen LogP contribution in [0, 0.1) is 0 Å². The van der Waals surface area contributed by atoms with E-state index < -0.39 is 0 Å². The molecule has 3 heterocycles. The molecule has 1 N–H and O–H groups in total.